The fraction of sp³-hybridized carbons (Fsp3) is 0.211. The fourth-order valence-electron chi connectivity index (χ4n) is 3.06. The first-order chi connectivity index (χ1) is 10.3. The van der Waals surface area contributed by atoms with Gasteiger partial charge < -0.3 is 4.74 Å². The topological polar surface area (TPSA) is 22.1 Å². The van der Waals surface area contributed by atoms with E-state index in [1.165, 1.54) is 23.2 Å². The Labute approximate surface area is 124 Å². The Morgan fingerprint density at radius 1 is 1.00 bits per heavy atom. The number of hydrogen-bond donors (Lipinski definition) is 0. The SMILES string of the molecule is Cc1ccc2nc3c(c(Oc4ccccc4)c2c1)CCC3. The van der Waals surface area contributed by atoms with Crippen LogP contribution in [0.15, 0.2) is 48.5 Å². The van der Waals surface area contributed by atoms with Gasteiger partial charge in [0.1, 0.15) is 11.5 Å². The maximum absolute atomic E-state index is 6.25. The van der Waals surface area contributed by atoms with E-state index in [1.54, 1.807) is 0 Å². The molecule has 21 heavy (non-hydrogen) atoms. The Morgan fingerprint density at radius 3 is 2.71 bits per heavy atom. The lowest BCUT2D eigenvalue weighted by Crippen LogP contribution is -1.96. The Kier molecular flexibility index (Phi) is 2.88. The summed E-state index contributed by atoms with van der Waals surface area (Å²) >= 11 is 0. The molecule has 0 unspecified atom stereocenters. The summed E-state index contributed by atoms with van der Waals surface area (Å²) in [5.74, 6) is 1.89. The zero-order valence-corrected chi connectivity index (χ0v) is 12.1. The van der Waals surface area contributed by atoms with Gasteiger partial charge in [-0.2, -0.15) is 0 Å². The zero-order chi connectivity index (χ0) is 14.2. The van der Waals surface area contributed by atoms with Gasteiger partial charge in [-0.3, -0.25) is 4.98 Å². The number of aromatic nitrogens is 1. The van der Waals surface area contributed by atoms with E-state index in [4.69, 9.17) is 9.72 Å². The second-order valence-corrected chi connectivity index (χ2v) is 5.66. The van der Waals surface area contributed by atoms with E-state index in [0.717, 1.165) is 35.2 Å². The number of pyridine rings is 1. The second-order valence-electron chi connectivity index (χ2n) is 5.66. The number of fused-ring (bicyclic) bond motifs is 2. The smallest absolute Gasteiger partial charge is 0.141 e. The van der Waals surface area contributed by atoms with Crippen LogP contribution in [-0.2, 0) is 12.8 Å². The second kappa shape index (κ2) is 4.88. The predicted molar refractivity (Wildman–Crippen MR) is 85.0 cm³/mol. The summed E-state index contributed by atoms with van der Waals surface area (Å²) in [6.45, 7) is 2.11. The third kappa shape index (κ3) is 2.17. The number of benzene rings is 2. The third-order valence-corrected chi connectivity index (χ3v) is 4.08. The van der Waals surface area contributed by atoms with E-state index in [2.05, 4.69) is 25.1 Å². The van der Waals surface area contributed by atoms with Gasteiger partial charge in [-0.25, -0.2) is 0 Å². The molecule has 104 valence electrons. The Balaban J connectivity index is 1.94. The minimum atomic E-state index is 0.889. The Bertz CT molecular complexity index is 809. The van der Waals surface area contributed by atoms with Crippen molar-refractivity contribution in [2.45, 2.75) is 26.2 Å². The number of ether oxygens (including phenoxy) is 1. The molecule has 3 aromatic rings. The molecular weight excluding hydrogens is 258 g/mol. The lowest BCUT2D eigenvalue weighted by atomic mass is 10.1. The predicted octanol–water partition coefficient (Wildman–Crippen LogP) is 4.82. The molecule has 0 saturated heterocycles. The number of aryl methyl sites for hydroxylation is 2. The minimum Gasteiger partial charge on any atom is -0.456 e. The molecule has 1 heterocycles. The molecule has 2 aromatic carbocycles. The molecule has 1 aromatic heterocycles. The summed E-state index contributed by atoms with van der Waals surface area (Å²) < 4.78 is 6.25. The van der Waals surface area contributed by atoms with Gasteiger partial charge in [-0.15, -0.1) is 0 Å². The molecule has 0 saturated carbocycles. The van der Waals surface area contributed by atoms with Crippen LogP contribution in [0.1, 0.15) is 23.2 Å². The molecule has 1 aliphatic rings. The molecule has 0 radical (unpaired) electrons. The highest BCUT2D eigenvalue weighted by molar-refractivity contribution is 5.88. The van der Waals surface area contributed by atoms with Crippen LogP contribution in [-0.4, -0.2) is 4.98 Å². The van der Waals surface area contributed by atoms with E-state index in [1.807, 2.05) is 30.3 Å². The minimum absolute atomic E-state index is 0.889. The Morgan fingerprint density at radius 2 is 1.86 bits per heavy atom. The molecular formula is C19H17NO. The monoisotopic (exact) mass is 275 g/mol. The summed E-state index contributed by atoms with van der Waals surface area (Å²) in [6, 6.07) is 16.4. The molecule has 1 aliphatic carbocycles. The van der Waals surface area contributed by atoms with Crippen LogP contribution >= 0.6 is 0 Å². The van der Waals surface area contributed by atoms with Crippen LogP contribution in [0.5, 0.6) is 11.5 Å². The summed E-state index contributed by atoms with van der Waals surface area (Å²) in [7, 11) is 0. The van der Waals surface area contributed by atoms with E-state index in [0.29, 0.717) is 0 Å². The highest BCUT2D eigenvalue weighted by atomic mass is 16.5. The number of hydrogen-bond acceptors (Lipinski definition) is 2. The summed E-state index contributed by atoms with van der Waals surface area (Å²) in [5, 5.41) is 1.12. The summed E-state index contributed by atoms with van der Waals surface area (Å²) in [6.07, 6.45) is 3.29. The van der Waals surface area contributed by atoms with E-state index in [-0.39, 0.29) is 0 Å². The van der Waals surface area contributed by atoms with Gasteiger partial charge >= 0.3 is 0 Å². The largest absolute Gasteiger partial charge is 0.456 e. The highest BCUT2D eigenvalue weighted by Gasteiger charge is 2.21. The van der Waals surface area contributed by atoms with Gasteiger partial charge in [0, 0.05) is 16.6 Å². The lowest BCUT2D eigenvalue weighted by molar-refractivity contribution is 0.482. The van der Waals surface area contributed by atoms with Crippen LogP contribution in [0.2, 0.25) is 0 Å². The summed E-state index contributed by atoms with van der Waals surface area (Å²) in [4.78, 5) is 4.82. The van der Waals surface area contributed by atoms with E-state index >= 15 is 0 Å². The van der Waals surface area contributed by atoms with Crippen molar-refractivity contribution in [1.82, 2.24) is 4.98 Å². The quantitative estimate of drug-likeness (QED) is 0.668. The first-order valence-electron chi connectivity index (χ1n) is 7.46. The van der Waals surface area contributed by atoms with E-state index < -0.39 is 0 Å². The van der Waals surface area contributed by atoms with Crippen molar-refractivity contribution in [3.05, 3.63) is 65.4 Å². The van der Waals surface area contributed by atoms with Crippen molar-refractivity contribution in [3.8, 4) is 11.5 Å². The normalized spacial score (nSPS) is 13.4. The van der Waals surface area contributed by atoms with E-state index in [9.17, 15) is 0 Å². The molecule has 0 atom stereocenters. The van der Waals surface area contributed by atoms with Gasteiger partial charge in [0.25, 0.3) is 0 Å². The number of nitrogens with zero attached hydrogens (tertiary/aromatic N) is 1. The highest BCUT2D eigenvalue weighted by Crippen LogP contribution is 2.38. The van der Waals surface area contributed by atoms with Crippen LogP contribution in [0.3, 0.4) is 0 Å². The van der Waals surface area contributed by atoms with Crippen molar-refractivity contribution < 1.29 is 4.74 Å². The van der Waals surface area contributed by atoms with Crippen LogP contribution in [0, 0.1) is 6.92 Å². The van der Waals surface area contributed by atoms with Gasteiger partial charge in [-0.1, -0.05) is 29.8 Å². The average molecular weight is 275 g/mol. The van der Waals surface area contributed by atoms with Crippen LogP contribution < -0.4 is 4.74 Å². The molecule has 0 N–H and O–H groups in total. The molecule has 0 aliphatic heterocycles. The molecule has 2 nitrogen and oxygen atoms in total. The molecule has 4 rings (SSSR count). The molecule has 0 bridgehead atoms. The van der Waals surface area contributed by atoms with Crippen molar-refractivity contribution in [3.63, 3.8) is 0 Å². The molecule has 0 fully saturated rings. The maximum atomic E-state index is 6.25. The van der Waals surface area contributed by atoms with Crippen molar-refractivity contribution >= 4 is 10.9 Å². The van der Waals surface area contributed by atoms with Crippen molar-refractivity contribution in [2.24, 2.45) is 0 Å². The first kappa shape index (κ1) is 12.4. The standard InChI is InChI=1S/C19H17NO/c1-13-10-11-18-16(12-13)19(15-8-5-9-17(15)20-18)21-14-6-3-2-4-7-14/h2-4,6-7,10-12H,5,8-9H2,1H3. The lowest BCUT2D eigenvalue weighted by Gasteiger charge is -2.14. The fourth-order valence-corrected chi connectivity index (χ4v) is 3.06. The number of para-hydroxylation sites is 1. The third-order valence-electron chi connectivity index (χ3n) is 4.08. The molecule has 0 amide bonds. The van der Waals surface area contributed by atoms with Gasteiger partial charge in [0.15, 0.2) is 0 Å². The average Bonchev–Trinajstić information content (AvgIpc) is 2.97. The van der Waals surface area contributed by atoms with Crippen molar-refractivity contribution in [1.29, 1.82) is 0 Å². The number of rotatable bonds is 2. The van der Waals surface area contributed by atoms with Gasteiger partial charge in [0.2, 0.25) is 0 Å². The zero-order valence-electron chi connectivity index (χ0n) is 12.1. The van der Waals surface area contributed by atoms with Gasteiger partial charge in [-0.05, 0) is 50.5 Å². The maximum Gasteiger partial charge on any atom is 0.141 e. The van der Waals surface area contributed by atoms with Crippen LogP contribution in [0.4, 0.5) is 0 Å². The van der Waals surface area contributed by atoms with Crippen molar-refractivity contribution in [2.75, 3.05) is 0 Å². The molecule has 2 heteroatoms. The summed E-state index contributed by atoms with van der Waals surface area (Å²) in [5.41, 5.74) is 4.77. The molecule has 0 spiro atoms. The van der Waals surface area contributed by atoms with Gasteiger partial charge in [0.05, 0.1) is 5.52 Å². The Hall–Kier alpha value is -2.35. The first-order valence-corrected chi connectivity index (χ1v) is 7.46. The van der Waals surface area contributed by atoms with Crippen LogP contribution in [0.25, 0.3) is 10.9 Å².